The molecule has 0 saturated heterocycles. The van der Waals surface area contributed by atoms with Crippen molar-refractivity contribution < 1.29 is 19.4 Å². The second-order valence-corrected chi connectivity index (χ2v) is 8.99. The van der Waals surface area contributed by atoms with E-state index in [1.165, 1.54) is 7.11 Å². The fourth-order valence-corrected chi connectivity index (χ4v) is 5.15. The molecule has 2 aromatic heterocycles. The van der Waals surface area contributed by atoms with Crippen LogP contribution in [0.1, 0.15) is 63.1 Å². The lowest BCUT2D eigenvalue weighted by Crippen LogP contribution is -2.17. The number of hydrogen-bond donors (Lipinski definition) is 2. The number of carbonyl (C=O) groups excluding carboxylic acids is 2. The first-order valence-electron chi connectivity index (χ1n) is 10.4. The first-order valence-corrected chi connectivity index (χ1v) is 11.2. The molecule has 0 spiro atoms. The Kier molecular flexibility index (Phi) is 6.29. The van der Waals surface area contributed by atoms with Crippen LogP contribution in [0, 0.1) is 12.8 Å². The molecular formula is C23H25N3O4S. The van der Waals surface area contributed by atoms with Crippen LogP contribution in [0.4, 0.5) is 5.69 Å². The average molecular weight is 440 g/mol. The zero-order chi connectivity index (χ0) is 22.0. The molecule has 3 aromatic rings. The number of fused-ring (bicyclic) bond motifs is 1. The summed E-state index contributed by atoms with van der Waals surface area (Å²) in [6.45, 7) is 2.06. The maximum atomic E-state index is 12.7. The Morgan fingerprint density at radius 3 is 2.65 bits per heavy atom. The van der Waals surface area contributed by atoms with Crippen LogP contribution in [0.15, 0.2) is 30.3 Å². The number of aliphatic hydroxyl groups is 1. The van der Waals surface area contributed by atoms with Gasteiger partial charge in [0.05, 0.1) is 33.6 Å². The van der Waals surface area contributed by atoms with Crippen molar-refractivity contribution in [2.45, 2.75) is 38.5 Å². The number of esters is 1. The van der Waals surface area contributed by atoms with Crippen molar-refractivity contribution in [3.63, 3.8) is 0 Å². The summed E-state index contributed by atoms with van der Waals surface area (Å²) in [6, 6.07) is 8.68. The van der Waals surface area contributed by atoms with Gasteiger partial charge >= 0.3 is 5.97 Å². The zero-order valence-electron chi connectivity index (χ0n) is 17.6. The van der Waals surface area contributed by atoms with E-state index in [0.717, 1.165) is 46.6 Å². The summed E-state index contributed by atoms with van der Waals surface area (Å²) in [5.74, 6) is -0.183. The summed E-state index contributed by atoms with van der Waals surface area (Å²) in [5, 5.41) is 13.2. The molecule has 1 aromatic carbocycles. The van der Waals surface area contributed by atoms with Crippen LogP contribution in [0.5, 0.6) is 0 Å². The molecule has 0 unspecified atom stereocenters. The molecule has 0 bridgehead atoms. The summed E-state index contributed by atoms with van der Waals surface area (Å²) in [7, 11) is 1.31. The highest BCUT2D eigenvalue weighted by atomic mass is 32.1. The molecule has 1 saturated carbocycles. The summed E-state index contributed by atoms with van der Waals surface area (Å²) >= 11 is 1.59. The Labute approximate surface area is 184 Å². The molecule has 1 fully saturated rings. The molecule has 2 heterocycles. The number of ether oxygens (including phenoxy) is 1. The normalized spacial score (nSPS) is 18.7. The lowest BCUT2D eigenvalue weighted by Gasteiger charge is -2.25. The van der Waals surface area contributed by atoms with Crippen molar-refractivity contribution in [3.8, 4) is 0 Å². The van der Waals surface area contributed by atoms with Crippen LogP contribution in [-0.2, 0) is 4.74 Å². The number of thiazole rings is 1. The molecule has 4 rings (SSSR count). The van der Waals surface area contributed by atoms with E-state index >= 15 is 0 Å². The summed E-state index contributed by atoms with van der Waals surface area (Å²) in [5.41, 5.74) is 2.38. The van der Waals surface area contributed by atoms with Crippen molar-refractivity contribution >= 4 is 39.1 Å². The Bertz CT molecular complexity index is 1120. The fourth-order valence-electron chi connectivity index (χ4n) is 4.00. The third-order valence-electron chi connectivity index (χ3n) is 5.77. The smallest absolute Gasteiger partial charge is 0.340 e. The maximum Gasteiger partial charge on any atom is 0.340 e. The van der Waals surface area contributed by atoms with Crippen LogP contribution in [0.25, 0.3) is 10.2 Å². The lowest BCUT2D eigenvalue weighted by atomic mass is 9.83. The molecule has 1 aliphatic carbocycles. The van der Waals surface area contributed by atoms with Crippen LogP contribution < -0.4 is 5.32 Å². The maximum absolute atomic E-state index is 12.7. The highest BCUT2D eigenvalue weighted by Gasteiger charge is 2.25. The van der Waals surface area contributed by atoms with Crippen LogP contribution >= 0.6 is 11.3 Å². The highest BCUT2D eigenvalue weighted by Crippen LogP contribution is 2.40. The van der Waals surface area contributed by atoms with Gasteiger partial charge in [0.15, 0.2) is 0 Å². The van der Waals surface area contributed by atoms with Crippen molar-refractivity contribution in [1.82, 2.24) is 9.97 Å². The molecule has 1 aliphatic rings. The number of nitrogens with one attached hydrogen (secondary N) is 1. The van der Waals surface area contributed by atoms with E-state index in [2.05, 4.69) is 10.3 Å². The first-order chi connectivity index (χ1) is 15.0. The van der Waals surface area contributed by atoms with Gasteiger partial charge in [-0.25, -0.2) is 14.8 Å². The Balaban J connectivity index is 1.65. The molecule has 2 N–H and O–H groups in total. The predicted molar refractivity (Wildman–Crippen MR) is 120 cm³/mol. The summed E-state index contributed by atoms with van der Waals surface area (Å²) < 4.78 is 5.83. The summed E-state index contributed by atoms with van der Waals surface area (Å²) in [4.78, 5) is 34.1. The second kappa shape index (κ2) is 9.11. The quantitative estimate of drug-likeness (QED) is 0.575. The van der Waals surface area contributed by atoms with E-state index in [9.17, 15) is 14.7 Å². The highest BCUT2D eigenvalue weighted by molar-refractivity contribution is 7.18. The van der Waals surface area contributed by atoms with Crippen LogP contribution in [-0.4, -0.2) is 40.7 Å². The topological polar surface area (TPSA) is 101 Å². The third kappa shape index (κ3) is 4.60. The number of aryl methyl sites for hydroxylation is 1. The minimum absolute atomic E-state index is 0.244. The number of benzene rings is 1. The first kappa shape index (κ1) is 21.4. The molecule has 0 radical (unpaired) electrons. The Morgan fingerprint density at radius 2 is 1.97 bits per heavy atom. The third-order valence-corrected chi connectivity index (χ3v) is 6.95. The number of rotatable bonds is 5. The molecule has 7 nitrogen and oxygen atoms in total. The van der Waals surface area contributed by atoms with E-state index in [1.807, 2.05) is 13.0 Å². The lowest BCUT2D eigenvalue weighted by molar-refractivity contribution is 0.0602. The van der Waals surface area contributed by atoms with Gasteiger partial charge in [-0.2, -0.15) is 0 Å². The second-order valence-electron chi connectivity index (χ2n) is 7.93. The number of nitrogens with zero attached hydrogens (tertiary/aromatic N) is 2. The molecule has 1 amide bonds. The monoisotopic (exact) mass is 439 g/mol. The van der Waals surface area contributed by atoms with E-state index < -0.39 is 5.97 Å². The molecular weight excluding hydrogens is 414 g/mol. The van der Waals surface area contributed by atoms with E-state index in [-0.39, 0.29) is 23.8 Å². The standard InChI is InChI=1S/C23H25N3O4S/c1-13-4-3-5-17(24-13)21(28)25-18-11-20-19(10-16(18)23(29)30-2)26-22(31-20)15-8-6-14(12-27)7-9-15/h3-5,10-11,14-15,27H,6-9,12H2,1-2H3,(H,25,28)/t14-,15-. The molecule has 162 valence electrons. The molecule has 0 aliphatic heterocycles. The van der Waals surface area contributed by atoms with Gasteiger partial charge in [0, 0.05) is 18.2 Å². The minimum atomic E-state index is -0.535. The molecule has 31 heavy (non-hydrogen) atoms. The minimum Gasteiger partial charge on any atom is -0.465 e. The number of aliphatic hydroxyl groups excluding tert-OH is 1. The number of aromatic nitrogens is 2. The number of amides is 1. The van der Waals surface area contributed by atoms with Gasteiger partial charge in [0.2, 0.25) is 0 Å². The van der Waals surface area contributed by atoms with Crippen LogP contribution in [0.2, 0.25) is 0 Å². The SMILES string of the molecule is COC(=O)c1cc2nc([C@H]3CC[C@H](CO)CC3)sc2cc1NC(=O)c1cccc(C)n1. The van der Waals surface area contributed by atoms with E-state index in [1.54, 1.807) is 35.6 Å². The van der Waals surface area contributed by atoms with Gasteiger partial charge in [-0.3, -0.25) is 4.79 Å². The average Bonchev–Trinajstić information content (AvgIpc) is 3.21. The Hall–Kier alpha value is -2.84. The van der Waals surface area contributed by atoms with Crippen LogP contribution in [0.3, 0.4) is 0 Å². The Morgan fingerprint density at radius 1 is 1.19 bits per heavy atom. The van der Waals surface area contributed by atoms with E-state index in [4.69, 9.17) is 9.72 Å². The zero-order valence-corrected chi connectivity index (χ0v) is 18.4. The number of methoxy groups -OCH3 is 1. The van der Waals surface area contributed by atoms with Crippen molar-refractivity contribution in [2.75, 3.05) is 19.0 Å². The number of anilines is 1. The number of pyridine rings is 1. The molecule has 8 heteroatoms. The number of carbonyl (C=O) groups is 2. The van der Waals surface area contributed by atoms with Crippen molar-refractivity contribution in [3.05, 3.63) is 52.3 Å². The van der Waals surface area contributed by atoms with Gasteiger partial charge in [0.1, 0.15) is 5.69 Å². The van der Waals surface area contributed by atoms with Gasteiger partial charge in [-0.1, -0.05) is 6.07 Å². The fraction of sp³-hybridized carbons (Fsp3) is 0.391. The van der Waals surface area contributed by atoms with Gasteiger partial charge < -0.3 is 15.2 Å². The largest absolute Gasteiger partial charge is 0.465 e. The van der Waals surface area contributed by atoms with Crippen molar-refractivity contribution in [2.24, 2.45) is 5.92 Å². The molecule has 0 atom stereocenters. The van der Waals surface area contributed by atoms with Gasteiger partial charge in [-0.05, 0) is 62.8 Å². The van der Waals surface area contributed by atoms with Crippen molar-refractivity contribution in [1.29, 1.82) is 0 Å². The number of hydrogen-bond acceptors (Lipinski definition) is 7. The van der Waals surface area contributed by atoms with Gasteiger partial charge in [-0.15, -0.1) is 11.3 Å². The predicted octanol–water partition coefficient (Wildman–Crippen LogP) is 4.30. The van der Waals surface area contributed by atoms with E-state index in [0.29, 0.717) is 17.5 Å². The van der Waals surface area contributed by atoms with Gasteiger partial charge in [0.25, 0.3) is 5.91 Å². The summed E-state index contributed by atoms with van der Waals surface area (Å²) in [6.07, 6.45) is 3.99.